The van der Waals surface area contributed by atoms with Crippen LogP contribution in [-0.2, 0) is 6.42 Å². The molecule has 4 N–H and O–H groups in total. The maximum atomic E-state index is 12.0. The number of carbonyl (C=O) groups is 1. The van der Waals surface area contributed by atoms with E-state index in [4.69, 9.17) is 10.5 Å². The van der Waals surface area contributed by atoms with E-state index in [0.29, 0.717) is 24.3 Å². The van der Waals surface area contributed by atoms with Crippen LogP contribution in [0, 0.1) is 0 Å². The normalized spacial score (nSPS) is 11.1. The molecule has 0 aliphatic heterocycles. The second-order valence-corrected chi connectivity index (χ2v) is 4.87. The summed E-state index contributed by atoms with van der Waals surface area (Å²) in [5, 5.41) is 11.9. The fraction of sp³-hybridized carbons (Fsp3) is 0.176. The molecular weight excluding hydrogens is 294 g/mol. The van der Waals surface area contributed by atoms with Gasteiger partial charge in [-0.25, -0.2) is 0 Å². The van der Waals surface area contributed by atoms with E-state index in [2.05, 4.69) is 10.3 Å². The molecule has 0 aromatic heterocycles. The number of ether oxygens (including phenoxy) is 1. The highest BCUT2D eigenvalue weighted by atomic mass is 16.5. The van der Waals surface area contributed by atoms with Crippen molar-refractivity contribution in [2.45, 2.75) is 6.42 Å². The summed E-state index contributed by atoms with van der Waals surface area (Å²) in [7, 11) is 1.56. The van der Waals surface area contributed by atoms with Crippen LogP contribution in [-0.4, -0.2) is 30.6 Å². The topological polar surface area (TPSA) is 96.9 Å². The number of methoxy groups -OCH3 is 1. The van der Waals surface area contributed by atoms with Crippen LogP contribution in [0.15, 0.2) is 53.5 Å². The van der Waals surface area contributed by atoms with Crippen molar-refractivity contribution in [3.8, 4) is 11.5 Å². The first-order valence-electron chi connectivity index (χ1n) is 7.11. The predicted octanol–water partition coefficient (Wildman–Crippen LogP) is 1.69. The van der Waals surface area contributed by atoms with Gasteiger partial charge in [0.1, 0.15) is 11.5 Å². The highest BCUT2D eigenvalue weighted by Gasteiger charge is 2.06. The molecule has 2 aromatic carbocycles. The summed E-state index contributed by atoms with van der Waals surface area (Å²) in [4.78, 5) is 16.1. The molecular formula is C17H19N3O3. The van der Waals surface area contributed by atoms with E-state index in [1.54, 1.807) is 49.6 Å². The zero-order chi connectivity index (χ0) is 16.7. The number of nitrogens with two attached hydrogens (primary N) is 1. The summed E-state index contributed by atoms with van der Waals surface area (Å²) in [6, 6.07) is 13.6. The third-order valence-corrected chi connectivity index (χ3v) is 3.19. The lowest BCUT2D eigenvalue weighted by atomic mass is 10.1. The molecule has 0 atom stereocenters. The van der Waals surface area contributed by atoms with Gasteiger partial charge in [0.05, 0.1) is 7.11 Å². The summed E-state index contributed by atoms with van der Waals surface area (Å²) in [5.41, 5.74) is 7.12. The maximum absolute atomic E-state index is 12.0. The smallest absolute Gasteiger partial charge is 0.257 e. The van der Waals surface area contributed by atoms with Gasteiger partial charge in [-0.05, 0) is 48.4 Å². The number of phenolic OH excluding ortho intramolecular Hbond substituents is 1. The monoisotopic (exact) mass is 313 g/mol. The minimum Gasteiger partial charge on any atom is -0.508 e. The number of nitrogens with zero attached hydrogens (tertiary/aromatic N) is 1. The molecule has 2 aromatic rings. The lowest BCUT2D eigenvalue weighted by Gasteiger charge is -2.06. The molecule has 0 radical (unpaired) electrons. The van der Waals surface area contributed by atoms with Gasteiger partial charge in [-0.1, -0.05) is 12.1 Å². The van der Waals surface area contributed by atoms with Gasteiger partial charge in [0, 0.05) is 12.1 Å². The summed E-state index contributed by atoms with van der Waals surface area (Å²) >= 11 is 0. The van der Waals surface area contributed by atoms with Gasteiger partial charge in [-0.3, -0.25) is 15.1 Å². The first-order chi connectivity index (χ1) is 11.1. The second-order valence-electron chi connectivity index (χ2n) is 4.87. The SMILES string of the molecule is COc1ccc(C(=O)NC(N)=NCCc2cccc(O)c2)cc1. The minimum atomic E-state index is -0.328. The van der Waals surface area contributed by atoms with Crippen molar-refractivity contribution >= 4 is 11.9 Å². The van der Waals surface area contributed by atoms with E-state index in [9.17, 15) is 9.90 Å². The number of aliphatic imine (C=N–C) groups is 1. The molecule has 0 fully saturated rings. The van der Waals surface area contributed by atoms with Crippen LogP contribution in [0.25, 0.3) is 0 Å². The van der Waals surface area contributed by atoms with Gasteiger partial charge >= 0.3 is 0 Å². The molecule has 6 nitrogen and oxygen atoms in total. The third-order valence-electron chi connectivity index (χ3n) is 3.19. The van der Waals surface area contributed by atoms with Crippen molar-refractivity contribution in [1.82, 2.24) is 5.32 Å². The fourth-order valence-electron chi connectivity index (χ4n) is 1.99. The van der Waals surface area contributed by atoms with Crippen molar-refractivity contribution < 1.29 is 14.6 Å². The minimum absolute atomic E-state index is 0.0611. The van der Waals surface area contributed by atoms with Crippen molar-refractivity contribution in [1.29, 1.82) is 0 Å². The molecule has 0 heterocycles. The van der Waals surface area contributed by atoms with Crippen LogP contribution in [0.4, 0.5) is 0 Å². The van der Waals surface area contributed by atoms with E-state index in [0.717, 1.165) is 5.56 Å². The largest absolute Gasteiger partial charge is 0.508 e. The van der Waals surface area contributed by atoms with E-state index in [-0.39, 0.29) is 17.6 Å². The Balaban J connectivity index is 1.87. The number of aromatic hydroxyl groups is 1. The number of rotatable bonds is 5. The van der Waals surface area contributed by atoms with Crippen LogP contribution >= 0.6 is 0 Å². The van der Waals surface area contributed by atoms with Crippen LogP contribution < -0.4 is 15.8 Å². The average Bonchev–Trinajstić information content (AvgIpc) is 2.55. The highest BCUT2D eigenvalue weighted by molar-refractivity contribution is 6.05. The molecule has 2 rings (SSSR count). The molecule has 0 bridgehead atoms. The van der Waals surface area contributed by atoms with Crippen LogP contribution in [0.5, 0.6) is 11.5 Å². The summed E-state index contributed by atoms with van der Waals surface area (Å²) in [6.07, 6.45) is 0.619. The van der Waals surface area contributed by atoms with Gasteiger partial charge in [0.15, 0.2) is 5.96 Å². The predicted molar refractivity (Wildman–Crippen MR) is 88.8 cm³/mol. The number of phenols is 1. The zero-order valence-electron chi connectivity index (χ0n) is 12.8. The van der Waals surface area contributed by atoms with Gasteiger partial charge in [0.25, 0.3) is 5.91 Å². The molecule has 0 saturated heterocycles. The van der Waals surface area contributed by atoms with Gasteiger partial charge in [-0.15, -0.1) is 0 Å². The number of benzene rings is 2. The van der Waals surface area contributed by atoms with Crippen molar-refractivity contribution in [3.05, 3.63) is 59.7 Å². The van der Waals surface area contributed by atoms with E-state index in [1.807, 2.05) is 6.07 Å². The van der Waals surface area contributed by atoms with Crippen molar-refractivity contribution in [2.75, 3.05) is 13.7 Å². The number of nitrogens with one attached hydrogen (secondary N) is 1. The van der Waals surface area contributed by atoms with Gasteiger partial charge in [-0.2, -0.15) is 0 Å². The molecule has 0 unspecified atom stereocenters. The summed E-state index contributed by atoms with van der Waals surface area (Å²) < 4.78 is 5.04. The zero-order valence-corrected chi connectivity index (χ0v) is 12.8. The molecule has 0 aliphatic rings. The van der Waals surface area contributed by atoms with Gasteiger partial charge in [0.2, 0.25) is 0 Å². The molecule has 0 saturated carbocycles. The average molecular weight is 313 g/mol. The lowest BCUT2D eigenvalue weighted by molar-refractivity contribution is 0.0976. The Kier molecular flexibility index (Phi) is 5.57. The Bertz CT molecular complexity index is 696. The number of hydrogen-bond acceptors (Lipinski definition) is 4. The Labute approximate surface area is 134 Å². The number of hydrogen-bond donors (Lipinski definition) is 3. The Hall–Kier alpha value is -3.02. The van der Waals surface area contributed by atoms with Crippen LogP contribution in [0.2, 0.25) is 0 Å². The molecule has 1 amide bonds. The Morgan fingerprint density at radius 2 is 2.00 bits per heavy atom. The van der Waals surface area contributed by atoms with Crippen molar-refractivity contribution in [2.24, 2.45) is 10.7 Å². The highest BCUT2D eigenvalue weighted by Crippen LogP contribution is 2.12. The van der Waals surface area contributed by atoms with Gasteiger partial charge < -0.3 is 15.6 Å². The summed E-state index contributed by atoms with van der Waals surface area (Å²) in [5.74, 6) is 0.624. The summed E-state index contributed by atoms with van der Waals surface area (Å²) in [6.45, 7) is 0.415. The molecule has 23 heavy (non-hydrogen) atoms. The third kappa shape index (κ3) is 5.03. The fourth-order valence-corrected chi connectivity index (χ4v) is 1.99. The lowest BCUT2D eigenvalue weighted by Crippen LogP contribution is -2.37. The first-order valence-corrected chi connectivity index (χ1v) is 7.11. The molecule has 0 aliphatic carbocycles. The number of guanidine groups is 1. The standard InChI is InChI=1S/C17H19N3O3/c1-23-15-7-5-13(6-8-15)16(22)20-17(18)19-10-9-12-3-2-4-14(21)11-12/h2-8,11,21H,9-10H2,1H3,(H3,18,19,20,22). The quantitative estimate of drug-likeness (QED) is 0.578. The Morgan fingerprint density at radius 1 is 1.26 bits per heavy atom. The molecule has 6 heteroatoms. The number of amides is 1. The van der Waals surface area contributed by atoms with E-state index < -0.39 is 0 Å². The van der Waals surface area contributed by atoms with Crippen molar-refractivity contribution in [3.63, 3.8) is 0 Å². The Morgan fingerprint density at radius 3 is 2.65 bits per heavy atom. The molecule has 120 valence electrons. The maximum Gasteiger partial charge on any atom is 0.257 e. The van der Waals surface area contributed by atoms with Crippen LogP contribution in [0.3, 0.4) is 0 Å². The van der Waals surface area contributed by atoms with Crippen LogP contribution in [0.1, 0.15) is 15.9 Å². The molecule has 0 spiro atoms. The number of carbonyl (C=O) groups excluding carboxylic acids is 1. The first kappa shape index (κ1) is 16.4. The second kappa shape index (κ2) is 7.84. The van der Waals surface area contributed by atoms with E-state index in [1.165, 1.54) is 0 Å². The van der Waals surface area contributed by atoms with E-state index >= 15 is 0 Å².